The lowest BCUT2D eigenvalue weighted by Gasteiger charge is -2.06. The third-order valence-corrected chi connectivity index (χ3v) is 3.06. The summed E-state index contributed by atoms with van der Waals surface area (Å²) in [4.78, 5) is 11.9. The van der Waals surface area contributed by atoms with Gasteiger partial charge in [-0.25, -0.2) is 4.68 Å². The van der Waals surface area contributed by atoms with Gasteiger partial charge >= 0.3 is 0 Å². The number of rotatable bonds is 3. The molecule has 0 aliphatic heterocycles. The van der Waals surface area contributed by atoms with Crippen molar-refractivity contribution in [3.8, 4) is 11.5 Å². The number of aryl methyl sites for hydroxylation is 1. The average molecular weight is 266 g/mol. The molecule has 0 N–H and O–H groups in total. The zero-order valence-corrected chi connectivity index (χ0v) is 11.1. The Balaban J connectivity index is 1.97. The van der Waals surface area contributed by atoms with Crippen molar-refractivity contribution in [1.82, 2.24) is 9.78 Å². The van der Waals surface area contributed by atoms with Gasteiger partial charge in [0.05, 0.1) is 12.8 Å². The van der Waals surface area contributed by atoms with Crippen molar-refractivity contribution in [2.45, 2.75) is 13.5 Å². The van der Waals surface area contributed by atoms with E-state index in [2.05, 4.69) is 5.10 Å². The summed E-state index contributed by atoms with van der Waals surface area (Å²) in [5.41, 5.74) is 2.75. The molecule has 3 aromatic rings. The molecular formula is C16H14N2O2. The Morgan fingerprint density at radius 1 is 1.15 bits per heavy atom. The number of nitrogens with zero attached hydrogens (tertiary/aromatic N) is 2. The van der Waals surface area contributed by atoms with Gasteiger partial charge in [0, 0.05) is 6.07 Å². The van der Waals surface area contributed by atoms with E-state index in [4.69, 9.17) is 4.42 Å². The molecule has 1 aromatic carbocycles. The Labute approximate surface area is 116 Å². The molecule has 4 nitrogen and oxygen atoms in total. The Bertz CT molecular complexity index is 773. The van der Waals surface area contributed by atoms with Gasteiger partial charge in [-0.05, 0) is 30.7 Å². The lowest BCUT2D eigenvalue weighted by Crippen LogP contribution is -2.22. The fourth-order valence-electron chi connectivity index (χ4n) is 2.10. The summed E-state index contributed by atoms with van der Waals surface area (Å²) in [5.74, 6) is 0.656. The van der Waals surface area contributed by atoms with Crippen LogP contribution in [0.5, 0.6) is 0 Å². The van der Waals surface area contributed by atoms with Crippen molar-refractivity contribution in [2.75, 3.05) is 0 Å². The van der Waals surface area contributed by atoms with E-state index >= 15 is 0 Å². The first kappa shape index (κ1) is 12.4. The lowest BCUT2D eigenvalue weighted by atomic mass is 10.1. The first-order chi connectivity index (χ1) is 9.72. The van der Waals surface area contributed by atoms with Gasteiger partial charge in [0.1, 0.15) is 5.69 Å². The molecule has 4 heteroatoms. The summed E-state index contributed by atoms with van der Waals surface area (Å²) in [6.45, 7) is 2.48. The first-order valence-electron chi connectivity index (χ1n) is 6.40. The molecular weight excluding hydrogens is 252 g/mol. The van der Waals surface area contributed by atoms with Gasteiger partial charge in [-0.1, -0.05) is 29.8 Å². The molecule has 2 aromatic heterocycles. The predicted octanol–water partition coefficient (Wildman–Crippen LogP) is 2.86. The second-order valence-corrected chi connectivity index (χ2v) is 4.68. The Morgan fingerprint density at radius 3 is 2.80 bits per heavy atom. The highest BCUT2D eigenvalue weighted by molar-refractivity contribution is 5.50. The van der Waals surface area contributed by atoms with Gasteiger partial charge in [-0.2, -0.15) is 5.10 Å². The fraction of sp³-hybridized carbons (Fsp3) is 0.125. The third kappa shape index (κ3) is 2.54. The highest BCUT2D eigenvalue weighted by Crippen LogP contribution is 2.15. The fourth-order valence-corrected chi connectivity index (χ4v) is 2.10. The lowest BCUT2D eigenvalue weighted by molar-refractivity contribution is 0.569. The third-order valence-electron chi connectivity index (χ3n) is 3.06. The van der Waals surface area contributed by atoms with Crippen LogP contribution in [0.15, 0.2) is 64.0 Å². The minimum atomic E-state index is -0.123. The van der Waals surface area contributed by atoms with Gasteiger partial charge in [-0.3, -0.25) is 4.79 Å². The van der Waals surface area contributed by atoms with E-state index in [9.17, 15) is 4.79 Å². The van der Waals surface area contributed by atoms with Gasteiger partial charge in [0.15, 0.2) is 5.76 Å². The maximum Gasteiger partial charge on any atom is 0.267 e. The molecule has 0 bridgehead atoms. The van der Waals surface area contributed by atoms with E-state index in [1.165, 1.54) is 10.7 Å². The van der Waals surface area contributed by atoms with E-state index in [-0.39, 0.29) is 5.56 Å². The largest absolute Gasteiger partial charge is 0.463 e. The topological polar surface area (TPSA) is 48.0 Å². The quantitative estimate of drug-likeness (QED) is 0.732. The number of hydrogen-bond donors (Lipinski definition) is 0. The number of furan rings is 1. The summed E-state index contributed by atoms with van der Waals surface area (Å²) >= 11 is 0. The molecule has 0 saturated carbocycles. The molecule has 3 rings (SSSR count). The zero-order chi connectivity index (χ0) is 13.9. The van der Waals surface area contributed by atoms with E-state index in [0.29, 0.717) is 18.0 Å². The highest BCUT2D eigenvalue weighted by Gasteiger charge is 2.06. The molecule has 100 valence electrons. The molecule has 0 saturated heterocycles. The van der Waals surface area contributed by atoms with Crippen molar-refractivity contribution in [1.29, 1.82) is 0 Å². The van der Waals surface area contributed by atoms with Crippen LogP contribution in [0.4, 0.5) is 0 Å². The second-order valence-electron chi connectivity index (χ2n) is 4.68. The normalized spacial score (nSPS) is 10.7. The maximum atomic E-state index is 11.9. The predicted molar refractivity (Wildman–Crippen MR) is 76.5 cm³/mol. The minimum absolute atomic E-state index is 0.123. The molecule has 20 heavy (non-hydrogen) atoms. The number of hydrogen-bond acceptors (Lipinski definition) is 3. The Kier molecular flexibility index (Phi) is 3.21. The summed E-state index contributed by atoms with van der Waals surface area (Å²) < 4.78 is 6.76. The van der Waals surface area contributed by atoms with Crippen LogP contribution in [0.2, 0.25) is 0 Å². The molecule has 0 aliphatic rings. The SMILES string of the molecule is Cc1cccc(Cn2nc(-c3ccco3)ccc2=O)c1. The van der Waals surface area contributed by atoms with E-state index in [1.54, 1.807) is 18.4 Å². The van der Waals surface area contributed by atoms with Crippen molar-refractivity contribution < 1.29 is 4.42 Å². The molecule has 0 spiro atoms. The summed E-state index contributed by atoms with van der Waals surface area (Å²) in [6, 6.07) is 14.9. The summed E-state index contributed by atoms with van der Waals surface area (Å²) in [7, 11) is 0. The molecule has 0 fully saturated rings. The van der Waals surface area contributed by atoms with Crippen molar-refractivity contribution >= 4 is 0 Å². The zero-order valence-electron chi connectivity index (χ0n) is 11.1. The van der Waals surface area contributed by atoms with Crippen molar-refractivity contribution in [3.05, 3.63) is 76.3 Å². The van der Waals surface area contributed by atoms with E-state index < -0.39 is 0 Å². The van der Waals surface area contributed by atoms with E-state index in [1.807, 2.05) is 37.3 Å². The standard InChI is InChI=1S/C16H14N2O2/c1-12-4-2-5-13(10-12)11-18-16(19)8-7-14(17-18)15-6-3-9-20-15/h2-10H,11H2,1H3. The van der Waals surface area contributed by atoms with Crippen LogP contribution in [0.1, 0.15) is 11.1 Å². The molecule has 2 heterocycles. The highest BCUT2D eigenvalue weighted by atomic mass is 16.3. The molecule has 0 unspecified atom stereocenters. The van der Waals surface area contributed by atoms with Crippen LogP contribution in [0.3, 0.4) is 0 Å². The summed E-state index contributed by atoms with van der Waals surface area (Å²) in [5, 5.41) is 4.35. The minimum Gasteiger partial charge on any atom is -0.463 e. The van der Waals surface area contributed by atoms with Crippen molar-refractivity contribution in [2.24, 2.45) is 0 Å². The van der Waals surface area contributed by atoms with Crippen LogP contribution in [-0.2, 0) is 6.54 Å². The van der Waals surface area contributed by atoms with Crippen LogP contribution in [0.25, 0.3) is 11.5 Å². The van der Waals surface area contributed by atoms with E-state index in [0.717, 1.165) is 11.1 Å². The monoisotopic (exact) mass is 266 g/mol. The van der Waals surface area contributed by atoms with Crippen LogP contribution >= 0.6 is 0 Å². The first-order valence-corrected chi connectivity index (χ1v) is 6.40. The van der Waals surface area contributed by atoms with Crippen LogP contribution < -0.4 is 5.56 Å². The van der Waals surface area contributed by atoms with Crippen LogP contribution in [0, 0.1) is 6.92 Å². The van der Waals surface area contributed by atoms with Gasteiger partial charge in [0.25, 0.3) is 5.56 Å². The Morgan fingerprint density at radius 2 is 2.05 bits per heavy atom. The van der Waals surface area contributed by atoms with Crippen molar-refractivity contribution in [3.63, 3.8) is 0 Å². The second kappa shape index (κ2) is 5.17. The smallest absolute Gasteiger partial charge is 0.267 e. The van der Waals surface area contributed by atoms with Gasteiger partial charge < -0.3 is 4.42 Å². The summed E-state index contributed by atoms with van der Waals surface area (Å²) in [6.07, 6.45) is 1.59. The molecule has 0 radical (unpaired) electrons. The maximum absolute atomic E-state index is 11.9. The molecule has 0 aliphatic carbocycles. The Hall–Kier alpha value is -2.62. The molecule has 0 atom stereocenters. The molecule has 0 amide bonds. The number of benzene rings is 1. The van der Waals surface area contributed by atoms with Gasteiger partial charge in [0.2, 0.25) is 0 Å². The van der Waals surface area contributed by atoms with Crippen LogP contribution in [-0.4, -0.2) is 9.78 Å². The average Bonchev–Trinajstić information content (AvgIpc) is 2.95. The van der Waals surface area contributed by atoms with Gasteiger partial charge in [-0.15, -0.1) is 0 Å². The number of aromatic nitrogens is 2.